The van der Waals surface area contributed by atoms with Gasteiger partial charge in [-0.1, -0.05) is 11.3 Å². The summed E-state index contributed by atoms with van der Waals surface area (Å²) in [7, 11) is 0. The zero-order valence-corrected chi connectivity index (χ0v) is 11.7. The lowest BCUT2D eigenvalue weighted by atomic mass is 10.2. The molecule has 3 heterocycles. The summed E-state index contributed by atoms with van der Waals surface area (Å²) in [6, 6.07) is 11.4. The van der Waals surface area contributed by atoms with Crippen LogP contribution >= 0.6 is 11.3 Å². The minimum atomic E-state index is 0.691. The normalized spacial score (nSPS) is 11.0. The van der Waals surface area contributed by atoms with E-state index < -0.39 is 0 Å². The van der Waals surface area contributed by atoms with Crippen molar-refractivity contribution < 1.29 is 0 Å². The SMILES string of the molecule is Nc1ccc(-c2nn3c(-c4cccnc4)nnc3s2)cc1. The largest absolute Gasteiger partial charge is 0.399 e. The van der Waals surface area contributed by atoms with E-state index in [2.05, 4.69) is 20.3 Å². The maximum absolute atomic E-state index is 5.71. The molecule has 2 N–H and O–H groups in total. The average Bonchev–Trinajstić information content (AvgIpc) is 3.09. The Hall–Kier alpha value is -2.80. The molecule has 0 amide bonds. The van der Waals surface area contributed by atoms with E-state index in [0.29, 0.717) is 5.82 Å². The zero-order chi connectivity index (χ0) is 14.2. The number of nitrogens with zero attached hydrogens (tertiary/aromatic N) is 5. The van der Waals surface area contributed by atoms with Gasteiger partial charge in [-0.3, -0.25) is 4.98 Å². The Kier molecular flexibility index (Phi) is 2.65. The lowest BCUT2D eigenvalue weighted by Gasteiger charge is -1.97. The highest BCUT2D eigenvalue weighted by Crippen LogP contribution is 2.28. The first-order valence-corrected chi connectivity index (χ1v) is 7.11. The third kappa shape index (κ3) is 2.03. The van der Waals surface area contributed by atoms with Gasteiger partial charge in [0.25, 0.3) is 0 Å². The van der Waals surface area contributed by atoms with Crippen molar-refractivity contribution in [2.45, 2.75) is 0 Å². The van der Waals surface area contributed by atoms with Gasteiger partial charge in [-0.05, 0) is 36.4 Å². The van der Waals surface area contributed by atoms with E-state index in [1.54, 1.807) is 16.9 Å². The van der Waals surface area contributed by atoms with Gasteiger partial charge in [0.05, 0.1) is 0 Å². The topological polar surface area (TPSA) is 82.0 Å². The Morgan fingerprint density at radius 1 is 1.00 bits per heavy atom. The molecule has 21 heavy (non-hydrogen) atoms. The predicted molar refractivity (Wildman–Crippen MR) is 81.7 cm³/mol. The van der Waals surface area contributed by atoms with Crippen molar-refractivity contribution in [1.29, 1.82) is 0 Å². The molecule has 0 spiro atoms. The Bertz CT molecular complexity index is 894. The van der Waals surface area contributed by atoms with E-state index >= 15 is 0 Å². The molecular weight excluding hydrogens is 284 g/mol. The van der Waals surface area contributed by atoms with Crippen molar-refractivity contribution in [1.82, 2.24) is 24.8 Å². The number of fused-ring (bicyclic) bond motifs is 1. The summed E-state index contributed by atoms with van der Waals surface area (Å²) in [5.41, 5.74) is 8.34. The Labute approximate surface area is 123 Å². The van der Waals surface area contributed by atoms with Crippen LogP contribution in [0.4, 0.5) is 5.69 Å². The van der Waals surface area contributed by atoms with Crippen LogP contribution < -0.4 is 5.73 Å². The number of pyridine rings is 1. The highest BCUT2D eigenvalue weighted by molar-refractivity contribution is 7.19. The summed E-state index contributed by atoms with van der Waals surface area (Å²) in [6.45, 7) is 0. The van der Waals surface area contributed by atoms with E-state index in [4.69, 9.17) is 5.73 Å². The molecule has 0 unspecified atom stereocenters. The smallest absolute Gasteiger partial charge is 0.235 e. The van der Waals surface area contributed by atoms with Gasteiger partial charge in [-0.15, -0.1) is 10.2 Å². The third-order valence-electron chi connectivity index (χ3n) is 3.07. The first-order chi connectivity index (χ1) is 10.3. The maximum Gasteiger partial charge on any atom is 0.235 e. The Balaban J connectivity index is 1.84. The quantitative estimate of drug-likeness (QED) is 0.574. The van der Waals surface area contributed by atoms with Gasteiger partial charge >= 0.3 is 0 Å². The second kappa shape index (κ2) is 4.64. The van der Waals surface area contributed by atoms with Crippen LogP contribution in [0.3, 0.4) is 0 Å². The van der Waals surface area contributed by atoms with Crippen molar-refractivity contribution in [3.05, 3.63) is 48.8 Å². The molecule has 1 aromatic carbocycles. The molecule has 102 valence electrons. The van der Waals surface area contributed by atoms with Gasteiger partial charge in [0.2, 0.25) is 4.96 Å². The standard InChI is InChI=1S/C14H10N6S/c15-11-5-3-9(4-6-11)13-19-20-12(17-18-14(20)21-13)10-2-1-7-16-8-10/h1-8H,15H2. The summed E-state index contributed by atoms with van der Waals surface area (Å²) in [5.74, 6) is 0.691. The minimum Gasteiger partial charge on any atom is -0.399 e. The summed E-state index contributed by atoms with van der Waals surface area (Å²) in [6.07, 6.45) is 3.47. The number of aromatic nitrogens is 5. The third-order valence-corrected chi connectivity index (χ3v) is 4.02. The molecule has 0 aliphatic rings. The fourth-order valence-corrected chi connectivity index (χ4v) is 2.88. The van der Waals surface area contributed by atoms with E-state index in [1.807, 2.05) is 36.4 Å². The van der Waals surface area contributed by atoms with Gasteiger partial charge in [0.1, 0.15) is 5.01 Å². The number of nitrogen functional groups attached to an aromatic ring is 1. The molecule has 4 rings (SSSR count). The van der Waals surface area contributed by atoms with Crippen LogP contribution in [0.1, 0.15) is 0 Å². The van der Waals surface area contributed by atoms with Crippen molar-refractivity contribution in [3.8, 4) is 22.0 Å². The molecule has 0 atom stereocenters. The fraction of sp³-hybridized carbons (Fsp3) is 0. The second-order valence-electron chi connectivity index (χ2n) is 4.49. The number of hydrogen-bond acceptors (Lipinski definition) is 6. The molecule has 6 nitrogen and oxygen atoms in total. The molecule has 0 saturated carbocycles. The van der Waals surface area contributed by atoms with Crippen molar-refractivity contribution in [2.24, 2.45) is 0 Å². The van der Waals surface area contributed by atoms with E-state index in [0.717, 1.165) is 26.8 Å². The highest BCUT2D eigenvalue weighted by atomic mass is 32.1. The maximum atomic E-state index is 5.71. The molecule has 4 aromatic rings. The van der Waals surface area contributed by atoms with Crippen LogP contribution in [0.5, 0.6) is 0 Å². The number of rotatable bonds is 2. The number of hydrogen-bond donors (Lipinski definition) is 1. The summed E-state index contributed by atoms with van der Waals surface area (Å²) >= 11 is 1.49. The Morgan fingerprint density at radius 3 is 2.62 bits per heavy atom. The summed E-state index contributed by atoms with van der Waals surface area (Å²) < 4.78 is 1.74. The molecule has 0 saturated heterocycles. The minimum absolute atomic E-state index is 0.691. The zero-order valence-electron chi connectivity index (χ0n) is 10.8. The molecule has 0 radical (unpaired) electrons. The number of anilines is 1. The summed E-state index contributed by atoms with van der Waals surface area (Å²) in [5, 5.41) is 13.8. The molecule has 7 heteroatoms. The van der Waals surface area contributed by atoms with E-state index in [1.165, 1.54) is 11.3 Å². The number of benzene rings is 1. The molecule has 3 aromatic heterocycles. The van der Waals surface area contributed by atoms with Gasteiger partial charge < -0.3 is 5.73 Å². The van der Waals surface area contributed by atoms with Crippen LogP contribution in [0, 0.1) is 0 Å². The molecule has 0 fully saturated rings. The van der Waals surface area contributed by atoms with Crippen LogP contribution in [-0.4, -0.2) is 24.8 Å². The van der Waals surface area contributed by atoms with E-state index in [9.17, 15) is 0 Å². The van der Waals surface area contributed by atoms with Crippen LogP contribution in [-0.2, 0) is 0 Å². The predicted octanol–water partition coefficient (Wildman–Crippen LogP) is 2.50. The summed E-state index contributed by atoms with van der Waals surface area (Å²) in [4.78, 5) is 4.85. The van der Waals surface area contributed by atoms with Crippen LogP contribution in [0.25, 0.3) is 26.9 Å². The van der Waals surface area contributed by atoms with Gasteiger partial charge in [-0.2, -0.15) is 9.61 Å². The lowest BCUT2D eigenvalue weighted by Crippen LogP contribution is -1.91. The van der Waals surface area contributed by atoms with Crippen LogP contribution in [0.2, 0.25) is 0 Å². The number of nitrogens with two attached hydrogens (primary N) is 1. The monoisotopic (exact) mass is 294 g/mol. The van der Waals surface area contributed by atoms with Crippen LogP contribution in [0.15, 0.2) is 48.8 Å². The molecular formula is C14H10N6S. The molecule has 0 aliphatic heterocycles. The fourth-order valence-electron chi connectivity index (χ4n) is 2.03. The molecule has 0 bridgehead atoms. The molecule has 0 aliphatic carbocycles. The van der Waals surface area contributed by atoms with Crippen molar-refractivity contribution in [2.75, 3.05) is 5.73 Å². The first-order valence-electron chi connectivity index (χ1n) is 6.30. The van der Waals surface area contributed by atoms with Crippen molar-refractivity contribution >= 4 is 22.0 Å². The average molecular weight is 294 g/mol. The Morgan fingerprint density at radius 2 is 1.86 bits per heavy atom. The highest BCUT2D eigenvalue weighted by Gasteiger charge is 2.14. The van der Waals surface area contributed by atoms with Gasteiger partial charge in [0.15, 0.2) is 5.82 Å². The van der Waals surface area contributed by atoms with Crippen molar-refractivity contribution in [3.63, 3.8) is 0 Å². The van der Waals surface area contributed by atoms with Gasteiger partial charge in [-0.25, -0.2) is 0 Å². The lowest BCUT2D eigenvalue weighted by molar-refractivity contribution is 0.969. The van der Waals surface area contributed by atoms with Gasteiger partial charge in [0, 0.05) is 29.2 Å². The second-order valence-corrected chi connectivity index (χ2v) is 5.44. The first kappa shape index (κ1) is 12.0. The van der Waals surface area contributed by atoms with E-state index in [-0.39, 0.29) is 0 Å².